The van der Waals surface area contributed by atoms with Gasteiger partial charge in [-0.1, -0.05) is 103 Å². The van der Waals surface area contributed by atoms with Crippen LogP contribution < -0.4 is 0 Å². The molecule has 0 atom stereocenters. The van der Waals surface area contributed by atoms with Crippen molar-refractivity contribution >= 4 is 11.8 Å². The fourth-order valence-electron chi connectivity index (χ4n) is 3.69. The number of Topliss-reactive ketones (excluding diaryl/α,β-unsaturated/α-hetero) is 1. The summed E-state index contributed by atoms with van der Waals surface area (Å²) >= 11 is 0. The van der Waals surface area contributed by atoms with Crippen molar-refractivity contribution in [3.05, 3.63) is 0 Å². The first-order valence-electron chi connectivity index (χ1n) is 12.3. The second-order valence-electron chi connectivity index (χ2n) is 8.38. The number of ketones is 1. The number of esters is 1. The molecule has 0 heterocycles. The summed E-state index contributed by atoms with van der Waals surface area (Å²) in [5.74, 6) is 0.407. The van der Waals surface area contributed by atoms with Gasteiger partial charge in [0.15, 0.2) is 0 Å². The molecule has 0 unspecified atom stereocenters. The zero-order chi connectivity index (χ0) is 20.7. The van der Waals surface area contributed by atoms with Crippen LogP contribution in [0.2, 0.25) is 0 Å². The smallest absolute Gasteiger partial charge is 0.305 e. The molecule has 0 aliphatic carbocycles. The molecular formula is C25H48O3. The van der Waals surface area contributed by atoms with Crippen LogP contribution in [0.25, 0.3) is 0 Å². The first-order chi connectivity index (χ1) is 13.7. The topological polar surface area (TPSA) is 43.4 Å². The van der Waals surface area contributed by atoms with Crippen molar-refractivity contribution in [2.75, 3.05) is 7.11 Å². The maximum absolute atomic E-state index is 11.9. The molecule has 3 heteroatoms. The van der Waals surface area contributed by atoms with Crippen LogP contribution in [-0.2, 0) is 14.3 Å². The van der Waals surface area contributed by atoms with E-state index in [2.05, 4.69) is 11.7 Å². The highest BCUT2D eigenvalue weighted by molar-refractivity contribution is 5.78. The van der Waals surface area contributed by atoms with E-state index in [-0.39, 0.29) is 5.97 Å². The minimum atomic E-state index is -0.0813. The quantitative estimate of drug-likeness (QED) is 0.138. The van der Waals surface area contributed by atoms with Gasteiger partial charge in [-0.05, 0) is 19.3 Å². The Labute approximate surface area is 175 Å². The zero-order valence-corrected chi connectivity index (χ0v) is 19.1. The molecule has 0 N–H and O–H groups in total. The van der Waals surface area contributed by atoms with Crippen molar-refractivity contribution in [1.29, 1.82) is 0 Å². The molecule has 0 aromatic rings. The molecule has 0 saturated carbocycles. The van der Waals surface area contributed by atoms with E-state index in [1.165, 1.54) is 97.0 Å². The summed E-state index contributed by atoms with van der Waals surface area (Å²) in [5, 5.41) is 0. The molecule has 28 heavy (non-hydrogen) atoms. The molecule has 0 amide bonds. The molecule has 0 spiro atoms. The highest BCUT2D eigenvalue weighted by atomic mass is 16.5. The van der Waals surface area contributed by atoms with Gasteiger partial charge in [0.1, 0.15) is 5.78 Å². The molecule has 0 radical (unpaired) electrons. The van der Waals surface area contributed by atoms with Crippen molar-refractivity contribution in [1.82, 2.24) is 0 Å². The number of rotatable bonds is 22. The molecule has 166 valence electrons. The Balaban J connectivity index is 3.15. The van der Waals surface area contributed by atoms with Crippen molar-refractivity contribution < 1.29 is 14.3 Å². The van der Waals surface area contributed by atoms with E-state index in [4.69, 9.17) is 0 Å². The minimum absolute atomic E-state index is 0.0813. The molecule has 0 rings (SSSR count). The lowest BCUT2D eigenvalue weighted by atomic mass is 10.0. The van der Waals surface area contributed by atoms with Gasteiger partial charge in [-0.15, -0.1) is 0 Å². The Morgan fingerprint density at radius 2 is 0.821 bits per heavy atom. The lowest BCUT2D eigenvalue weighted by molar-refractivity contribution is -0.140. The van der Waals surface area contributed by atoms with E-state index in [1.807, 2.05) is 0 Å². The second kappa shape index (κ2) is 22.4. The van der Waals surface area contributed by atoms with E-state index in [0.717, 1.165) is 38.5 Å². The molecular weight excluding hydrogens is 348 g/mol. The van der Waals surface area contributed by atoms with Crippen LogP contribution in [0.3, 0.4) is 0 Å². The summed E-state index contributed by atoms with van der Waals surface area (Å²) in [4.78, 5) is 22.8. The van der Waals surface area contributed by atoms with Crippen molar-refractivity contribution in [3.8, 4) is 0 Å². The van der Waals surface area contributed by atoms with Gasteiger partial charge in [-0.25, -0.2) is 0 Å². The third kappa shape index (κ3) is 21.4. The standard InChI is InChI=1S/C25H48O3/c1-3-4-5-6-15-18-21-24(26)22-19-16-13-11-9-7-8-10-12-14-17-20-23-25(27)28-2/h3-23H2,1-2H3. The number of unbranched alkanes of at least 4 members (excludes halogenated alkanes) is 16. The first kappa shape index (κ1) is 27.1. The van der Waals surface area contributed by atoms with Crippen molar-refractivity contribution in [2.24, 2.45) is 0 Å². The lowest BCUT2D eigenvalue weighted by Gasteiger charge is -2.04. The van der Waals surface area contributed by atoms with Gasteiger partial charge < -0.3 is 4.74 Å². The maximum Gasteiger partial charge on any atom is 0.305 e. The average Bonchev–Trinajstić information content (AvgIpc) is 2.70. The Kier molecular flexibility index (Phi) is 21.7. The van der Waals surface area contributed by atoms with Crippen molar-refractivity contribution in [3.63, 3.8) is 0 Å². The zero-order valence-electron chi connectivity index (χ0n) is 19.1. The van der Waals surface area contributed by atoms with Gasteiger partial charge in [0.25, 0.3) is 0 Å². The third-order valence-electron chi connectivity index (χ3n) is 5.62. The summed E-state index contributed by atoms with van der Waals surface area (Å²) in [6.07, 6.45) is 24.7. The summed E-state index contributed by atoms with van der Waals surface area (Å²) in [6, 6.07) is 0. The van der Waals surface area contributed by atoms with E-state index in [1.54, 1.807) is 0 Å². The number of methoxy groups -OCH3 is 1. The lowest BCUT2D eigenvalue weighted by Crippen LogP contribution is -1.99. The molecule has 0 aliphatic rings. The number of hydrogen-bond donors (Lipinski definition) is 0. The van der Waals surface area contributed by atoms with E-state index < -0.39 is 0 Å². The summed E-state index contributed by atoms with van der Waals surface area (Å²) < 4.78 is 4.64. The van der Waals surface area contributed by atoms with Crippen LogP contribution in [0, 0.1) is 0 Å². The number of hydrogen-bond acceptors (Lipinski definition) is 3. The maximum atomic E-state index is 11.9. The third-order valence-corrected chi connectivity index (χ3v) is 5.62. The Bertz CT molecular complexity index is 352. The predicted molar refractivity (Wildman–Crippen MR) is 120 cm³/mol. The fraction of sp³-hybridized carbons (Fsp3) is 0.920. The highest BCUT2D eigenvalue weighted by Gasteiger charge is 2.02. The molecule has 0 aromatic heterocycles. The molecule has 3 nitrogen and oxygen atoms in total. The fourth-order valence-corrected chi connectivity index (χ4v) is 3.69. The highest BCUT2D eigenvalue weighted by Crippen LogP contribution is 2.14. The molecule has 0 aliphatic heterocycles. The van der Waals surface area contributed by atoms with Gasteiger partial charge >= 0.3 is 5.97 Å². The van der Waals surface area contributed by atoms with Gasteiger partial charge in [0.05, 0.1) is 7.11 Å². The average molecular weight is 397 g/mol. The van der Waals surface area contributed by atoms with Gasteiger partial charge in [0, 0.05) is 19.3 Å². The first-order valence-corrected chi connectivity index (χ1v) is 12.3. The second-order valence-corrected chi connectivity index (χ2v) is 8.38. The monoisotopic (exact) mass is 396 g/mol. The molecule has 0 saturated heterocycles. The van der Waals surface area contributed by atoms with E-state index in [0.29, 0.717) is 12.2 Å². The Hall–Kier alpha value is -0.860. The SMILES string of the molecule is CCCCCCCCC(=O)CCCCCCCCCCCCCCC(=O)OC. The number of carbonyl (C=O) groups is 2. The number of ether oxygens (including phenoxy) is 1. The number of carbonyl (C=O) groups excluding carboxylic acids is 2. The Morgan fingerprint density at radius 1 is 0.500 bits per heavy atom. The van der Waals surface area contributed by atoms with Gasteiger partial charge in [-0.2, -0.15) is 0 Å². The van der Waals surface area contributed by atoms with Crippen LogP contribution in [0.5, 0.6) is 0 Å². The van der Waals surface area contributed by atoms with Crippen LogP contribution >= 0.6 is 0 Å². The van der Waals surface area contributed by atoms with E-state index in [9.17, 15) is 9.59 Å². The largest absolute Gasteiger partial charge is 0.469 e. The summed E-state index contributed by atoms with van der Waals surface area (Å²) in [7, 11) is 1.46. The van der Waals surface area contributed by atoms with Crippen LogP contribution in [0.15, 0.2) is 0 Å². The van der Waals surface area contributed by atoms with E-state index >= 15 is 0 Å². The summed E-state index contributed by atoms with van der Waals surface area (Å²) in [6.45, 7) is 2.24. The molecule has 0 aromatic carbocycles. The van der Waals surface area contributed by atoms with Crippen molar-refractivity contribution in [2.45, 2.75) is 142 Å². The van der Waals surface area contributed by atoms with Crippen LogP contribution in [0.4, 0.5) is 0 Å². The predicted octanol–water partition coefficient (Wildman–Crippen LogP) is 7.94. The minimum Gasteiger partial charge on any atom is -0.469 e. The van der Waals surface area contributed by atoms with Gasteiger partial charge in [0.2, 0.25) is 0 Å². The Morgan fingerprint density at radius 3 is 1.18 bits per heavy atom. The van der Waals surface area contributed by atoms with Crippen LogP contribution in [-0.4, -0.2) is 18.9 Å². The molecule has 0 fully saturated rings. The van der Waals surface area contributed by atoms with Gasteiger partial charge in [-0.3, -0.25) is 9.59 Å². The summed E-state index contributed by atoms with van der Waals surface area (Å²) in [5.41, 5.74) is 0. The molecule has 0 bridgehead atoms. The normalized spacial score (nSPS) is 10.9. The van der Waals surface area contributed by atoms with Crippen LogP contribution in [0.1, 0.15) is 142 Å².